The number of hydrogen-bond donors (Lipinski definition) is 0. The Morgan fingerprint density at radius 1 is 0.875 bits per heavy atom. The summed E-state index contributed by atoms with van der Waals surface area (Å²) in [5.41, 5.74) is 0. The van der Waals surface area contributed by atoms with Crippen LogP contribution in [0.5, 0.6) is 0 Å². The molecule has 0 aromatic rings. The van der Waals surface area contributed by atoms with Gasteiger partial charge in [-0.2, -0.15) is 0 Å². The second-order valence-corrected chi connectivity index (χ2v) is 7.64. The van der Waals surface area contributed by atoms with Gasteiger partial charge in [-0.05, 0) is 76.0 Å². The van der Waals surface area contributed by atoms with Crippen molar-refractivity contribution in [2.45, 2.75) is 90.6 Å². The number of ether oxygens (including phenoxy) is 1. The number of carbonyl (C=O) groups is 1. The summed E-state index contributed by atoms with van der Waals surface area (Å²) in [4.78, 5) is 12.4. The fraction of sp³-hybridized carbons (Fsp3) is 0.773. The third-order valence-electron chi connectivity index (χ3n) is 5.61. The third-order valence-corrected chi connectivity index (χ3v) is 5.61. The molecule has 2 fully saturated rings. The maximum atomic E-state index is 12.4. The molecule has 2 saturated carbocycles. The van der Waals surface area contributed by atoms with Crippen molar-refractivity contribution in [3.8, 4) is 0 Å². The lowest BCUT2D eigenvalue weighted by molar-refractivity contribution is -0.157. The van der Waals surface area contributed by atoms with Crippen molar-refractivity contribution < 1.29 is 9.53 Å². The van der Waals surface area contributed by atoms with Crippen LogP contribution in [0, 0.1) is 17.8 Å². The van der Waals surface area contributed by atoms with Gasteiger partial charge in [-0.1, -0.05) is 44.6 Å². The molecular formula is C22H36O2. The highest BCUT2D eigenvalue weighted by Crippen LogP contribution is 2.33. The topological polar surface area (TPSA) is 26.3 Å². The first-order chi connectivity index (χ1) is 11.7. The lowest BCUT2D eigenvalue weighted by Gasteiger charge is -2.30. The van der Waals surface area contributed by atoms with Gasteiger partial charge in [0.2, 0.25) is 0 Å². The highest BCUT2D eigenvalue weighted by atomic mass is 16.5. The number of hydrogen-bond acceptors (Lipinski definition) is 2. The zero-order chi connectivity index (χ0) is 17.2. The number of unbranched alkanes of at least 4 members (excludes halogenated alkanes) is 1. The monoisotopic (exact) mass is 332 g/mol. The van der Waals surface area contributed by atoms with Gasteiger partial charge in [-0.3, -0.25) is 4.79 Å². The Labute approximate surface area is 148 Å². The van der Waals surface area contributed by atoms with Crippen molar-refractivity contribution >= 4 is 5.97 Å². The van der Waals surface area contributed by atoms with Crippen molar-refractivity contribution in [2.75, 3.05) is 0 Å². The zero-order valence-electron chi connectivity index (χ0n) is 15.7. The van der Waals surface area contributed by atoms with E-state index in [9.17, 15) is 4.79 Å². The third kappa shape index (κ3) is 6.45. The minimum absolute atomic E-state index is 0.0814. The molecule has 0 atom stereocenters. The molecule has 0 spiro atoms. The van der Waals surface area contributed by atoms with E-state index in [1.54, 1.807) is 0 Å². The lowest BCUT2D eigenvalue weighted by Crippen LogP contribution is -2.29. The lowest BCUT2D eigenvalue weighted by atomic mass is 9.81. The van der Waals surface area contributed by atoms with Gasteiger partial charge < -0.3 is 4.74 Å². The quantitative estimate of drug-likeness (QED) is 0.409. The van der Waals surface area contributed by atoms with Crippen LogP contribution in [0.25, 0.3) is 0 Å². The Bertz CT molecular complexity index is 408. The molecule has 0 aliphatic heterocycles. The summed E-state index contributed by atoms with van der Waals surface area (Å²) in [7, 11) is 0. The number of esters is 1. The number of allylic oxidation sites excluding steroid dienone is 4. The Morgan fingerprint density at radius 3 is 2.04 bits per heavy atom. The molecule has 0 unspecified atom stereocenters. The van der Waals surface area contributed by atoms with Crippen molar-refractivity contribution in [1.29, 1.82) is 0 Å². The molecule has 0 amide bonds. The predicted molar refractivity (Wildman–Crippen MR) is 101 cm³/mol. The number of carbonyl (C=O) groups excluding carboxylic acids is 1. The summed E-state index contributed by atoms with van der Waals surface area (Å²) in [6.45, 7) is 4.39. The highest BCUT2D eigenvalue weighted by Gasteiger charge is 2.29. The van der Waals surface area contributed by atoms with Crippen LogP contribution in [0.2, 0.25) is 0 Å². The minimum Gasteiger partial charge on any atom is -0.462 e. The van der Waals surface area contributed by atoms with Crippen LogP contribution in [0.3, 0.4) is 0 Å². The molecule has 2 rings (SSSR count). The molecule has 2 nitrogen and oxygen atoms in total. The molecule has 136 valence electrons. The van der Waals surface area contributed by atoms with Gasteiger partial charge in [0.05, 0.1) is 5.92 Å². The average molecular weight is 333 g/mol. The van der Waals surface area contributed by atoms with Crippen LogP contribution in [0.15, 0.2) is 24.3 Å². The Balaban J connectivity index is 1.66. The van der Waals surface area contributed by atoms with Crippen molar-refractivity contribution in [3.63, 3.8) is 0 Å². The fourth-order valence-electron chi connectivity index (χ4n) is 3.99. The van der Waals surface area contributed by atoms with E-state index < -0.39 is 0 Å². The first kappa shape index (κ1) is 19.3. The van der Waals surface area contributed by atoms with E-state index in [4.69, 9.17) is 4.74 Å². The van der Waals surface area contributed by atoms with Gasteiger partial charge in [0.25, 0.3) is 0 Å². The van der Waals surface area contributed by atoms with Crippen molar-refractivity contribution in [1.82, 2.24) is 0 Å². The van der Waals surface area contributed by atoms with E-state index in [1.165, 1.54) is 25.7 Å². The van der Waals surface area contributed by atoms with Crippen LogP contribution in [-0.4, -0.2) is 12.1 Å². The first-order valence-electron chi connectivity index (χ1n) is 10.3. The number of rotatable bonds is 7. The molecule has 0 aromatic carbocycles. The van der Waals surface area contributed by atoms with Gasteiger partial charge in [0, 0.05) is 0 Å². The predicted octanol–water partition coefficient (Wildman–Crippen LogP) is 6.22. The highest BCUT2D eigenvalue weighted by molar-refractivity contribution is 5.72. The maximum absolute atomic E-state index is 12.4. The summed E-state index contributed by atoms with van der Waals surface area (Å²) in [6.07, 6.45) is 21.7. The summed E-state index contributed by atoms with van der Waals surface area (Å²) in [6, 6.07) is 0. The zero-order valence-corrected chi connectivity index (χ0v) is 15.7. The average Bonchev–Trinajstić information content (AvgIpc) is 2.62. The van der Waals surface area contributed by atoms with E-state index in [0.29, 0.717) is 11.8 Å². The van der Waals surface area contributed by atoms with E-state index in [0.717, 1.165) is 44.9 Å². The van der Waals surface area contributed by atoms with E-state index in [-0.39, 0.29) is 18.0 Å². The summed E-state index contributed by atoms with van der Waals surface area (Å²) in [5, 5.41) is 0. The van der Waals surface area contributed by atoms with Crippen LogP contribution < -0.4 is 0 Å². The molecule has 0 radical (unpaired) electrons. The van der Waals surface area contributed by atoms with Crippen molar-refractivity contribution in [2.24, 2.45) is 17.8 Å². The minimum atomic E-state index is 0.0814. The van der Waals surface area contributed by atoms with E-state index in [1.807, 2.05) is 0 Å². The molecular weight excluding hydrogens is 296 g/mol. The van der Waals surface area contributed by atoms with Gasteiger partial charge in [-0.25, -0.2) is 0 Å². The molecule has 2 aliphatic rings. The van der Waals surface area contributed by atoms with E-state index >= 15 is 0 Å². The Morgan fingerprint density at radius 2 is 1.46 bits per heavy atom. The first-order valence-corrected chi connectivity index (χ1v) is 10.3. The fourth-order valence-corrected chi connectivity index (χ4v) is 3.99. The maximum Gasteiger partial charge on any atom is 0.309 e. The molecule has 0 saturated heterocycles. The molecule has 2 heteroatoms. The van der Waals surface area contributed by atoms with Crippen molar-refractivity contribution in [3.05, 3.63) is 24.3 Å². The van der Waals surface area contributed by atoms with Crippen LogP contribution in [0.4, 0.5) is 0 Å². The SMILES string of the molecule is CC/C=C/C1CCC(C(=O)OC2CCC(/C=C/CCC)CC2)CC1. The molecule has 0 bridgehead atoms. The van der Waals surface area contributed by atoms with Crippen LogP contribution in [0.1, 0.15) is 84.5 Å². The standard InChI is InChI=1S/C22H36O2/c1-3-5-7-9-19-12-16-21(17-13-19)24-22(23)20-14-10-18(11-15-20)8-6-4-2/h6-9,18-21H,3-5,10-17H2,1-2H3/b8-6+,9-7+. The van der Waals surface area contributed by atoms with Gasteiger partial charge >= 0.3 is 5.97 Å². The largest absolute Gasteiger partial charge is 0.462 e. The molecule has 0 heterocycles. The summed E-state index contributed by atoms with van der Waals surface area (Å²) in [5.74, 6) is 1.61. The Hall–Kier alpha value is -1.05. The van der Waals surface area contributed by atoms with Gasteiger partial charge in [-0.15, -0.1) is 0 Å². The van der Waals surface area contributed by atoms with Gasteiger partial charge in [0.1, 0.15) is 6.10 Å². The van der Waals surface area contributed by atoms with Crippen LogP contribution >= 0.6 is 0 Å². The molecule has 24 heavy (non-hydrogen) atoms. The molecule has 2 aliphatic carbocycles. The smallest absolute Gasteiger partial charge is 0.309 e. The Kier molecular flexibility index (Phi) is 8.63. The van der Waals surface area contributed by atoms with Gasteiger partial charge in [0.15, 0.2) is 0 Å². The second kappa shape index (κ2) is 10.7. The molecule has 0 aromatic heterocycles. The van der Waals surface area contributed by atoms with E-state index in [2.05, 4.69) is 38.2 Å². The van der Waals surface area contributed by atoms with Crippen LogP contribution in [-0.2, 0) is 9.53 Å². The summed E-state index contributed by atoms with van der Waals surface area (Å²) < 4.78 is 5.84. The molecule has 0 N–H and O–H groups in total. The second-order valence-electron chi connectivity index (χ2n) is 7.64. The normalized spacial score (nSPS) is 31.6. The summed E-state index contributed by atoms with van der Waals surface area (Å²) >= 11 is 0.